The Bertz CT molecular complexity index is 1240. The van der Waals surface area contributed by atoms with E-state index >= 15 is 0 Å². The van der Waals surface area contributed by atoms with Crippen LogP contribution in [0.5, 0.6) is 0 Å². The van der Waals surface area contributed by atoms with E-state index in [0.717, 1.165) is 11.3 Å². The van der Waals surface area contributed by atoms with Crippen LogP contribution in [-0.2, 0) is 11.3 Å². The van der Waals surface area contributed by atoms with Crippen LogP contribution in [0.25, 0.3) is 11.0 Å². The maximum Gasteiger partial charge on any atom is 0.283 e. The molecule has 1 N–H and O–H groups in total. The van der Waals surface area contributed by atoms with Gasteiger partial charge >= 0.3 is 0 Å². The molecule has 0 fully saturated rings. The van der Waals surface area contributed by atoms with Gasteiger partial charge in [-0.2, -0.15) is 0 Å². The van der Waals surface area contributed by atoms with Gasteiger partial charge in [-0.3, -0.25) is 14.4 Å². The zero-order valence-electron chi connectivity index (χ0n) is 16.4. The molecular weight excluding hydrogens is 368 g/mol. The van der Waals surface area contributed by atoms with Crippen molar-refractivity contribution in [3.63, 3.8) is 0 Å². The molecule has 1 atom stereocenters. The van der Waals surface area contributed by atoms with E-state index in [-0.39, 0.29) is 22.8 Å². The summed E-state index contributed by atoms with van der Waals surface area (Å²) in [6.07, 6.45) is 8.34. The van der Waals surface area contributed by atoms with Crippen LogP contribution in [0.1, 0.15) is 29.9 Å². The quantitative estimate of drug-likeness (QED) is 0.855. The number of hydrogen-bond acceptors (Lipinski definition) is 4. The lowest BCUT2D eigenvalue weighted by molar-refractivity contribution is -0.116. The van der Waals surface area contributed by atoms with Gasteiger partial charge in [0, 0.05) is 36.1 Å². The molecule has 0 aromatic carbocycles. The van der Waals surface area contributed by atoms with Crippen LogP contribution in [0.3, 0.4) is 0 Å². The fourth-order valence-corrected chi connectivity index (χ4v) is 3.58. The minimum Gasteiger partial charge on any atom is -0.332 e. The Hall–Kier alpha value is -3.61. The SMILES string of the molecule is CCn1cc(C(=O)N=C2C=CC3C(C)=CC(=O)NC3=C2)c(=O)c2ccc(C)nc21. The van der Waals surface area contributed by atoms with Crippen molar-refractivity contribution in [2.24, 2.45) is 10.9 Å². The second kappa shape index (κ2) is 7.09. The van der Waals surface area contributed by atoms with Gasteiger partial charge in [0.05, 0.1) is 11.1 Å². The molecule has 0 radical (unpaired) electrons. The highest BCUT2D eigenvalue weighted by molar-refractivity contribution is 6.14. The summed E-state index contributed by atoms with van der Waals surface area (Å²) in [5, 5.41) is 3.17. The third kappa shape index (κ3) is 3.35. The minimum absolute atomic E-state index is 0.00446. The number of allylic oxidation sites excluding steroid dienone is 3. The van der Waals surface area contributed by atoms with Crippen LogP contribution in [0.15, 0.2) is 63.7 Å². The first kappa shape index (κ1) is 18.7. The van der Waals surface area contributed by atoms with Gasteiger partial charge in [-0.05, 0) is 45.1 Å². The summed E-state index contributed by atoms with van der Waals surface area (Å²) in [6.45, 7) is 6.22. The first-order chi connectivity index (χ1) is 13.9. The average Bonchev–Trinajstić information content (AvgIpc) is 2.67. The summed E-state index contributed by atoms with van der Waals surface area (Å²) in [7, 11) is 0. The largest absolute Gasteiger partial charge is 0.332 e. The molecule has 1 unspecified atom stereocenters. The lowest BCUT2D eigenvalue weighted by atomic mass is 9.89. The fourth-order valence-electron chi connectivity index (χ4n) is 3.58. The number of nitrogens with one attached hydrogen (secondary N) is 1. The molecule has 4 rings (SSSR count). The Kier molecular flexibility index (Phi) is 4.58. The molecular formula is C22H20N4O3. The molecule has 0 spiro atoms. The molecule has 2 amide bonds. The van der Waals surface area contributed by atoms with Crippen molar-refractivity contribution in [2.75, 3.05) is 0 Å². The van der Waals surface area contributed by atoms with E-state index in [9.17, 15) is 14.4 Å². The molecule has 146 valence electrons. The van der Waals surface area contributed by atoms with Gasteiger partial charge in [0.2, 0.25) is 11.3 Å². The summed E-state index contributed by atoms with van der Waals surface area (Å²) in [5.74, 6) is -0.854. The monoisotopic (exact) mass is 388 g/mol. The molecule has 1 aliphatic carbocycles. The third-order valence-corrected chi connectivity index (χ3v) is 5.08. The Morgan fingerprint density at radius 1 is 1.24 bits per heavy atom. The van der Waals surface area contributed by atoms with Crippen molar-refractivity contribution >= 4 is 28.6 Å². The number of amides is 2. The van der Waals surface area contributed by atoms with Crippen molar-refractivity contribution in [3.8, 4) is 0 Å². The Balaban J connectivity index is 1.75. The number of hydrogen-bond donors (Lipinski definition) is 1. The lowest BCUT2D eigenvalue weighted by Crippen LogP contribution is -2.32. The van der Waals surface area contributed by atoms with Crippen molar-refractivity contribution in [3.05, 3.63) is 75.4 Å². The number of rotatable bonds is 2. The van der Waals surface area contributed by atoms with Crippen LogP contribution in [0, 0.1) is 12.8 Å². The van der Waals surface area contributed by atoms with Crippen molar-refractivity contribution in [1.82, 2.24) is 14.9 Å². The van der Waals surface area contributed by atoms with Gasteiger partial charge in [-0.1, -0.05) is 11.6 Å². The predicted octanol–water partition coefficient (Wildman–Crippen LogP) is 2.45. The molecule has 0 bridgehead atoms. The number of carbonyl (C=O) groups excluding carboxylic acids is 2. The lowest BCUT2D eigenvalue weighted by Gasteiger charge is -2.25. The normalized spacial score (nSPS) is 19.6. The van der Waals surface area contributed by atoms with Crippen LogP contribution in [0.4, 0.5) is 0 Å². The van der Waals surface area contributed by atoms with Gasteiger partial charge in [-0.25, -0.2) is 9.98 Å². The van der Waals surface area contributed by atoms with E-state index in [2.05, 4.69) is 15.3 Å². The van der Waals surface area contributed by atoms with Crippen molar-refractivity contribution in [1.29, 1.82) is 0 Å². The highest BCUT2D eigenvalue weighted by Crippen LogP contribution is 2.26. The number of nitrogens with zero attached hydrogens (tertiary/aromatic N) is 3. The summed E-state index contributed by atoms with van der Waals surface area (Å²) >= 11 is 0. The number of fused-ring (bicyclic) bond motifs is 2. The van der Waals surface area contributed by atoms with Crippen molar-refractivity contribution in [2.45, 2.75) is 27.3 Å². The molecule has 2 aromatic heterocycles. The first-order valence-corrected chi connectivity index (χ1v) is 9.40. The Labute approximate surface area is 167 Å². The third-order valence-electron chi connectivity index (χ3n) is 5.08. The fraction of sp³-hybridized carbons (Fsp3) is 0.227. The average molecular weight is 388 g/mol. The number of aryl methyl sites for hydroxylation is 2. The van der Waals surface area contributed by atoms with Crippen molar-refractivity contribution < 1.29 is 9.59 Å². The number of aliphatic imine (C=N–C) groups is 1. The summed E-state index contributed by atoms with van der Waals surface area (Å²) < 4.78 is 1.78. The second-order valence-corrected chi connectivity index (χ2v) is 7.14. The van der Waals surface area contributed by atoms with E-state index in [1.165, 1.54) is 6.20 Å². The highest BCUT2D eigenvalue weighted by atomic mass is 16.2. The maximum absolute atomic E-state index is 12.9. The van der Waals surface area contributed by atoms with Gasteiger partial charge in [-0.15, -0.1) is 0 Å². The van der Waals surface area contributed by atoms with Gasteiger partial charge in [0.1, 0.15) is 11.2 Å². The molecule has 7 heteroatoms. The number of aromatic nitrogens is 2. The van der Waals surface area contributed by atoms with E-state index in [1.807, 2.05) is 26.8 Å². The van der Waals surface area contributed by atoms with Crippen LogP contribution in [-0.4, -0.2) is 27.1 Å². The Morgan fingerprint density at radius 2 is 2.03 bits per heavy atom. The van der Waals surface area contributed by atoms with Crippen LogP contribution >= 0.6 is 0 Å². The molecule has 1 aliphatic heterocycles. The zero-order valence-corrected chi connectivity index (χ0v) is 16.4. The number of carbonyl (C=O) groups is 2. The standard InChI is InChI=1S/C22H20N4O3/c1-4-26-11-17(20(28)16-7-5-13(3)23-21(16)26)22(29)24-14-6-8-15-12(2)9-19(27)25-18(15)10-14/h5-11,15H,4H2,1-3H3,(H,25,27). The minimum atomic E-state index is -0.621. The van der Waals surface area contributed by atoms with Crippen LogP contribution < -0.4 is 10.7 Å². The topological polar surface area (TPSA) is 93.4 Å². The van der Waals surface area contributed by atoms with Crippen LogP contribution in [0.2, 0.25) is 0 Å². The summed E-state index contributed by atoms with van der Waals surface area (Å²) in [4.78, 5) is 46.0. The number of pyridine rings is 2. The molecule has 3 heterocycles. The molecule has 7 nitrogen and oxygen atoms in total. The molecule has 0 saturated heterocycles. The second-order valence-electron chi connectivity index (χ2n) is 7.14. The van der Waals surface area contributed by atoms with E-state index < -0.39 is 5.91 Å². The Morgan fingerprint density at radius 3 is 2.79 bits per heavy atom. The van der Waals surface area contributed by atoms with E-state index in [1.54, 1.807) is 34.9 Å². The van der Waals surface area contributed by atoms with Gasteiger partial charge < -0.3 is 9.88 Å². The summed E-state index contributed by atoms with van der Waals surface area (Å²) in [6, 6.07) is 3.44. The smallest absolute Gasteiger partial charge is 0.283 e. The first-order valence-electron chi connectivity index (χ1n) is 9.40. The summed E-state index contributed by atoms with van der Waals surface area (Å²) in [5.41, 5.74) is 2.94. The zero-order chi connectivity index (χ0) is 20.7. The molecule has 2 aliphatic rings. The molecule has 0 saturated carbocycles. The highest BCUT2D eigenvalue weighted by Gasteiger charge is 2.24. The van der Waals surface area contributed by atoms with Gasteiger partial charge in [0.15, 0.2) is 0 Å². The predicted molar refractivity (Wildman–Crippen MR) is 111 cm³/mol. The van der Waals surface area contributed by atoms with E-state index in [4.69, 9.17) is 0 Å². The molecule has 2 aromatic rings. The molecule has 29 heavy (non-hydrogen) atoms. The van der Waals surface area contributed by atoms with Gasteiger partial charge in [0.25, 0.3) is 5.91 Å². The maximum atomic E-state index is 12.9. The van der Waals surface area contributed by atoms with E-state index in [0.29, 0.717) is 29.0 Å².